The number of hydrogen-bond acceptors (Lipinski definition) is 4. The van der Waals surface area contributed by atoms with Crippen LogP contribution in [0, 0.1) is 0 Å². The Morgan fingerprint density at radius 3 is 3.06 bits per heavy atom. The van der Waals surface area contributed by atoms with Gasteiger partial charge in [-0.2, -0.15) is 0 Å². The van der Waals surface area contributed by atoms with Gasteiger partial charge in [0.2, 0.25) is 0 Å². The number of rotatable bonds is 3. The second kappa shape index (κ2) is 5.82. The summed E-state index contributed by atoms with van der Waals surface area (Å²) < 4.78 is 5.78. The third kappa shape index (κ3) is 3.10. The lowest BCUT2D eigenvalue weighted by molar-refractivity contribution is -0.146. The lowest BCUT2D eigenvalue weighted by Crippen LogP contribution is -2.36. The largest absolute Gasteiger partial charge is 0.468 e. The molecule has 1 heterocycles. The monoisotopic (exact) mass is 313 g/mol. The van der Waals surface area contributed by atoms with Crippen LogP contribution >= 0.6 is 15.9 Å². The van der Waals surface area contributed by atoms with Crippen LogP contribution in [0.25, 0.3) is 0 Å². The second-order valence-corrected chi connectivity index (χ2v) is 5.40. The lowest BCUT2D eigenvalue weighted by atomic mass is 10.2. The fraction of sp³-hybridized carbons (Fsp3) is 0.462. The van der Waals surface area contributed by atoms with Crippen molar-refractivity contribution in [2.45, 2.75) is 25.1 Å². The van der Waals surface area contributed by atoms with E-state index in [4.69, 9.17) is 4.74 Å². The number of ether oxygens (including phenoxy) is 1. The predicted octanol–water partition coefficient (Wildman–Crippen LogP) is 1.56. The van der Waals surface area contributed by atoms with Crippen LogP contribution < -0.4 is 0 Å². The van der Waals surface area contributed by atoms with Crippen molar-refractivity contribution in [2.24, 2.45) is 0 Å². The number of β-amino-alcohol motifs (C(OH)–C–C–N with tert-alkyl or cyclic N) is 1. The first-order valence-electron chi connectivity index (χ1n) is 5.84. The van der Waals surface area contributed by atoms with Crippen molar-refractivity contribution in [2.75, 3.05) is 13.7 Å². The molecule has 1 fully saturated rings. The SMILES string of the molecule is COC(=O)[C@@H]1C[C@@H](O)CN1Cc1cccc(Br)c1. The summed E-state index contributed by atoms with van der Waals surface area (Å²) in [6.07, 6.45) is -0.0121. The van der Waals surface area contributed by atoms with E-state index in [-0.39, 0.29) is 12.0 Å². The number of methoxy groups -OCH3 is 1. The molecule has 1 aliphatic rings. The minimum absolute atomic E-state index is 0.276. The molecule has 18 heavy (non-hydrogen) atoms. The average Bonchev–Trinajstić information content (AvgIpc) is 2.69. The number of halogens is 1. The zero-order chi connectivity index (χ0) is 13.1. The average molecular weight is 314 g/mol. The van der Waals surface area contributed by atoms with E-state index >= 15 is 0 Å². The van der Waals surface area contributed by atoms with Crippen molar-refractivity contribution in [3.05, 3.63) is 34.3 Å². The van der Waals surface area contributed by atoms with Gasteiger partial charge in [-0.05, 0) is 17.7 Å². The molecule has 1 saturated heterocycles. The Balaban J connectivity index is 2.09. The van der Waals surface area contributed by atoms with E-state index in [0.717, 1.165) is 10.0 Å². The summed E-state index contributed by atoms with van der Waals surface area (Å²) in [5.41, 5.74) is 1.10. The van der Waals surface area contributed by atoms with Crippen molar-refractivity contribution >= 4 is 21.9 Å². The van der Waals surface area contributed by atoms with E-state index in [1.165, 1.54) is 7.11 Å². The fourth-order valence-corrected chi connectivity index (χ4v) is 2.75. The lowest BCUT2D eigenvalue weighted by Gasteiger charge is -2.22. The number of aliphatic hydroxyl groups excluding tert-OH is 1. The molecule has 0 spiro atoms. The molecular weight excluding hydrogens is 298 g/mol. The molecule has 0 aliphatic carbocycles. The van der Waals surface area contributed by atoms with Crippen LogP contribution in [-0.2, 0) is 16.1 Å². The summed E-state index contributed by atoms with van der Waals surface area (Å²) in [5.74, 6) is -0.276. The molecule has 0 bridgehead atoms. The number of hydrogen-bond donors (Lipinski definition) is 1. The van der Waals surface area contributed by atoms with E-state index in [0.29, 0.717) is 19.5 Å². The van der Waals surface area contributed by atoms with Crippen molar-refractivity contribution in [1.29, 1.82) is 0 Å². The van der Waals surface area contributed by atoms with Gasteiger partial charge in [0, 0.05) is 24.0 Å². The molecular formula is C13H16BrNO3. The molecule has 0 unspecified atom stereocenters. The minimum Gasteiger partial charge on any atom is -0.468 e. The Labute approximate surface area is 115 Å². The summed E-state index contributed by atoms with van der Waals surface area (Å²) in [7, 11) is 1.38. The molecule has 4 nitrogen and oxygen atoms in total. The maximum absolute atomic E-state index is 11.6. The van der Waals surface area contributed by atoms with Crippen LogP contribution in [0.5, 0.6) is 0 Å². The zero-order valence-corrected chi connectivity index (χ0v) is 11.8. The topological polar surface area (TPSA) is 49.8 Å². The van der Waals surface area contributed by atoms with Crippen molar-refractivity contribution in [3.8, 4) is 0 Å². The van der Waals surface area contributed by atoms with Crippen LogP contribution in [0.1, 0.15) is 12.0 Å². The van der Waals surface area contributed by atoms with Gasteiger partial charge in [0.1, 0.15) is 6.04 Å². The first-order valence-corrected chi connectivity index (χ1v) is 6.64. The molecule has 1 aromatic rings. The first kappa shape index (κ1) is 13.5. The third-order valence-corrected chi connectivity index (χ3v) is 3.62. The standard InChI is InChI=1S/C13H16BrNO3/c1-18-13(17)12-6-11(16)8-15(12)7-9-3-2-4-10(14)5-9/h2-5,11-12,16H,6-8H2,1H3/t11-,12+/m1/s1. The van der Waals surface area contributed by atoms with E-state index in [1.54, 1.807) is 0 Å². The molecule has 1 aliphatic heterocycles. The van der Waals surface area contributed by atoms with Gasteiger partial charge in [0.15, 0.2) is 0 Å². The maximum atomic E-state index is 11.6. The summed E-state index contributed by atoms with van der Waals surface area (Å²) in [5, 5.41) is 9.69. The summed E-state index contributed by atoms with van der Waals surface area (Å²) in [6.45, 7) is 1.14. The number of carbonyl (C=O) groups excluding carboxylic acids is 1. The maximum Gasteiger partial charge on any atom is 0.323 e. The van der Waals surface area contributed by atoms with E-state index < -0.39 is 6.10 Å². The molecule has 5 heteroatoms. The molecule has 1 N–H and O–H groups in total. The van der Waals surface area contributed by atoms with E-state index in [1.807, 2.05) is 29.2 Å². The Kier molecular flexibility index (Phi) is 4.37. The molecule has 0 radical (unpaired) electrons. The minimum atomic E-state index is -0.457. The Morgan fingerprint density at radius 2 is 2.39 bits per heavy atom. The zero-order valence-electron chi connectivity index (χ0n) is 10.2. The first-order chi connectivity index (χ1) is 8.60. The van der Waals surface area contributed by atoms with Crippen LogP contribution in [0.3, 0.4) is 0 Å². The summed E-state index contributed by atoms with van der Waals surface area (Å²) in [4.78, 5) is 13.6. The molecule has 1 aromatic carbocycles. The number of aliphatic hydroxyl groups is 1. The Hall–Kier alpha value is -0.910. The molecule has 2 rings (SSSR count). The smallest absolute Gasteiger partial charge is 0.323 e. The van der Waals surface area contributed by atoms with E-state index in [2.05, 4.69) is 15.9 Å². The van der Waals surface area contributed by atoms with Crippen LogP contribution in [-0.4, -0.2) is 41.8 Å². The van der Waals surface area contributed by atoms with Gasteiger partial charge >= 0.3 is 5.97 Å². The van der Waals surface area contributed by atoms with E-state index in [9.17, 15) is 9.90 Å². The van der Waals surface area contributed by atoms with Gasteiger partial charge in [-0.3, -0.25) is 9.69 Å². The van der Waals surface area contributed by atoms with Crippen molar-refractivity contribution in [1.82, 2.24) is 4.90 Å². The molecule has 0 amide bonds. The molecule has 98 valence electrons. The summed E-state index contributed by atoms with van der Waals surface area (Å²) in [6, 6.07) is 7.59. The highest BCUT2D eigenvalue weighted by Gasteiger charge is 2.36. The number of benzene rings is 1. The van der Waals surface area contributed by atoms with Gasteiger partial charge in [-0.25, -0.2) is 0 Å². The fourth-order valence-electron chi connectivity index (χ4n) is 2.31. The van der Waals surface area contributed by atoms with Crippen LogP contribution in [0.15, 0.2) is 28.7 Å². The molecule has 0 aromatic heterocycles. The van der Waals surface area contributed by atoms with Crippen LogP contribution in [0.2, 0.25) is 0 Å². The van der Waals surface area contributed by atoms with Gasteiger partial charge in [-0.15, -0.1) is 0 Å². The highest BCUT2D eigenvalue weighted by atomic mass is 79.9. The van der Waals surface area contributed by atoms with Crippen molar-refractivity contribution < 1.29 is 14.6 Å². The van der Waals surface area contributed by atoms with Gasteiger partial charge in [0.05, 0.1) is 13.2 Å². The number of carbonyl (C=O) groups is 1. The number of esters is 1. The highest BCUT2D eigenvalue weighted by Crippen LogP contribution is 2.22. The van der Waals surface area contributed by atoms with Gasteiger partial charge < -0.3 is 9.84 Å². The quantitative estimate of drug-likeness (QED) is 0.860. The normalized spacial score (nSPS) is 24.2. The van der Waals surface area contributed by atoms with Crippen LogP contribution in [0.4, 0.5) is 0 Å². The van der Waals surface area contributed by atoms with Gasteiger partial charge in [-0.1, -0.05) is 28.1 Å². The third-order valence-electron chi connectivity index (χ3n) is 3.13. The molecule has 2 atom stereocenters. The molecule has 0 saturated carbocycles. The number of nitrogens with zero attached hydrogens (tertiary/aromatic N) is 1. The predicted molar refractivity (Wildman–Crippen MR) is 71.0 cm³/mol. The number of likely N-dealkylation sites (tertiary alicyclic amines) is 1. The Morgan fingerprint density at radius 1 is 1.61 bits per heavy atom. The van der Waals surface area contributed by atoms with Gasteiger partial charge in [0.25, 0.3) is 0 Å². The second-order valence-electron chi connectivity index (χ2n) is 4.49. The highest BCUT2D eigenvalue weighted by molar-refractivity contribution is 9.10. The summed E-state index contributed by atoms with van der Waals surface area (Å²) >= 11 is 3.42. The van der Waals surface area contributed by atoms with Crippen molar-refractivity contribution in [3.63, 3.8) is 0 Å². The Bertz CT molecular complexity index is 438.